The molecule has 0 aliphatic carbocycles. The van der Waals surface area contributed by atoms with E-state index in [9.17, 15) is 0 Å². The number of aromatic nitrogens is 2. The topological polar surface area (TPSA) is 43.8 Å². The average Bonchev–Trinajstić information content (AvgIpc) is 2.59. The Labute approximate surface area is 87.5 Å². The molecule has 0 fully saturated rings. The van der Waals surface area contributed by atoms with Crippen molar-refractivity contribution >= 4 is 28.2 Å². The van der Waals surface area contributed by atoms with E-state index in [0.29, 0.717) is 4.99 Å². The first-order valence-corrected chi connectivity index (χ1v) is 4.88. The zero-order chi connectivity index (χ0) is 10.1. The minimum atomic E-state index is 0.415. The number of benzene rings is 1. The minimum absolute atomic E-state index is 0.415. The molecule has 1 aromatic heterocycles. The Kier molecular flexibility index (Phi) is 2.21. The molecular weight excluding hydrogens is 194 g/mol. The molecule has 1 heterocycles. The van der Waals surface area contributed by atoms with Crippen LogP contribution in [0.2, 0.25) is 0 Å². The number of fused-ring (bicyclic) bond motifs is 1. The van der Waals surface area contributed by atoms with E-state index < -0.39 is 0 Å². The molecule has 0 atom stereocenters. The van der Waals surface area contributed by atoms with Crippen LogP contribution in [0.1, 0.15) is 12.5 Å². The van der Waals surface area contributed by atoms with Crippen LogP contribution < -0.4 is 5.73 Å². The number of hydrogen-bond donors (Lipinski definition) is 1. The van der Waals surface area contributed by atoms with Gasteiger partial charge in [0, 0.05) is 12.1 Å². The summed E-state index contributed by atoms with van der Waals surface area (Å²) >= 11 is 4.90. The van der Waals surface area contributed by atoms with E-state index in [4.69, 9.17) is 18.0 Å². The number of aryl methyl sites for hydroxylation is 1. The van der Waals surface area contributed by atoms with Crippen molar-refractivity contribution in [3.63, 3.8) is 0 Å². The van der Waals surface area contributed by atoms with Crippen LogP contribution >= 0.6 is 12.2 Å². The molecule has 2 aromatic rings. The quantitative estimate of drug-likeness (QED) is 0.759. The standard InChI is InChI=1S/C10H11N3S/c1-2-13-6-12-8-5-7(10(11)14)3-4-9(8)13/h3-6H,2H2,1H3,(H2,11,14). The highest BCUT2D eigenvalue weighted by Crippen LogP contribution is 2.14. The fourth-order valence-electron chi connectivity index (χ4n) is 1.47. The van der Waals surface area contributed by atoms with Gasteiger partial charge in [0.25, 0.3) is 0 Å². The van der Waals surface area contributed by atoms with Crippen LogP contribution in [0.25, 0.3) is 11.0 Å². The molecule has 0 saturated heterocycles. The highest BCUT2D eigenvalue weighted by Gasteiger charge is 2.03. The molecule has 3 nitrogen and oxygen atoms in total. The first kappa shape index (κ1) is 9.15. The van der Waals surface area contributed by atoms with Crippen molar-refractivity contribution in [3.8, 4) is 0 Å². The first-order chi connectivity index (χ1) is 6.72. The van der Waals surface area contributed by atoms with Gasteiger partial charge in [-0.1, -0.05) is 12.2 Å². The maximum absolute atomic E-state index is 5.54. The summed E-state index contributed by atoms with van der Waals surface area (Å²) in [6.45, 7) is 3.01. The predicted octanol–water partition coefficient (Wildman–Crippen LogP) is 1.69. The summed E-state index contributed by atoms with van der Waals surface area (Å²) in [5, 5.41) is 0. The summed E-state index contributed by atoms with van der Waals surface area (Å²) in [6, 6.07) is 5.85. The Balaban J connectivity index is 2.63. The first-order valence-electron chi connectivity index (χ1n) is 4.47. The van der Waals surface area contributed by atoms with Crippen molar-refractivity contribution in [2.75, 3.05) is 0 Å². The third kappa shape index (κ3) is 1.37. The van der Waals surface area contributed by atoms with Gasteiger partial charge in [0.15, 0.2) is 0 Å². The van der Waals surface area contributed by atoms with Crippen LogP contribution in [0.4, 0.5) is 0 Å². The van der Waals surface area contributed by atoms with Crippen LogP contribution in [-0.4, -0.2) is 14.5 Å². The smallest absolute Gasteiger partial charge is 0.104 e. The Bertz CT molecular complexity index is 487. The molecule has 2 rings (SSSR count). The zero-order valence-corrected chi connectivity index (χ0v) is 8.71. The number of rotatable bonds is 2. The lowest BCUT2D eigenvalue weighted by Gasteiger charge is -2.00. The number of nitrogens with two attached hydrogens (primary N) is 1. The third-order valence-corrected chi connectivity index (χ3v) is 2.48. The predicted molar refractivity (Wildman–Crippen MR) is 61.3 cm³/mol. The maximum atomic E-state index is 5.54. The molecule has 0 bridgehead atoms. The van der Waals surface area contributed by atoms with Gasteiger partial charge in [-0.15, -0.1) is 0 Å². The summed E-state index contributed by atoms with van der Waals surface area (Å²) in [7, 11) is 0. The minimum Gasteiger partial charge on any atom is -0.389 e. The van der Waals surface area contributed by atoms with Crippen molar-refractivity contribution < 1.29 is 0 Å². The van der Waals surface area contributed by atoms with Gasteiger partial charge in [-0.2, -0.15) is 0 Å². The molecular formula is C10H11N3S. The van der Waals surface area contributed by atoms with Crippen LogP contribution in [0.15, 0.2) is 24.5 Å². The number of imidazole rings is 1. The summed E-state index contributed by atoms with van der Waals surface area (Å²) in [6.07, 6.45) is 1.83. The molecule has 4 heteroatoms. The summed E-state index contributed by atoms with van der Waals surface area (Å²) in [4.78, 5) is 4.70. The Morgan fingerprint density at radius 3 is 3.00 bits per heavy atom. The van der Waals surface area contributed by atoms with Gasteiger partial charge >= 0.3 is 0 Å². The summed E-state index contributed by atoms with van der Waals surface area (Å²) in [5.41, 5.74) is 8.47. The molecule has 0 saturated carbocycles. The Morgan fingerprint density at radius 1 is 1.57 bits per heavy atom. The van der Waals surface area contributed by atoms with E-state index >= 15 is 0 Å². The van der Waals surface area contributed by atoms with Gasteiger partial charge in [0.05, 0.1) is 17.4 Å². The molecule has 72 valence electrons. The second-order valence-corrected chi connectivity index (χ2v) is 3.54. The normalized spacial score (nSPS) is 10.6. The summed E-state index contributed by atoms with van der Waals surface area (Å²) in [5.74, 6) is 0. The van der Waals surface area contributed by atoms with Gasteiger partial charge in [0.2, 0.25) is 0 Å². The zero-order valence-electron chi connectivity index (χ0n) is 7.90. The van der Waals surface area contributed by atoms with Crippen LogP contribution in [0.5, 0.6) is 0 Å². The van der Waals surface area contributed by atoms with Crippen molar-refractivity contribution in [1.82, 2.24) is 9.55 Å². The molecule has 0 aliphatic heterocycles. The largest absolute Gasteiger partial charge is 0.389 e. The summed E-state index contributed by atoms with van der Waals surface area (Å²) < 4.78 is 2.08. The molecule has 14 heavy (non-hydrogen) atoms. The van der Waals surface area contributed by atoms with E-state index in [-0.39, 0.29) is 0 Å². The lowest BCUT2D eigenvalue weighted by molar-refractivity contribution is 0.787. The number of nitrogens with zero attached hydrogens (tertiary/aromatic N) is 2. The van der Waals surface area contributed by atoms with Gasteiger partial charge in [-0.25, -0.2) is 4.98 Å². The molecule has 2 N–H and O–H groups in total. The molecule has 0 radical (unpaired) electrons. The van der Waals surface area contributed by atoms with E-state index in [1.807, 2.05) is 24.5 Å². The second-order valence-electron chi connectivity index (χ2n) is 3.10. The monoisotopic (exact) mass is 205 g/mol. The number of thiocarbonyl (C=S) groups is 1. The van der Waals surface area contributed by atoms with Gasteiger partial charge in [-0.3, -0.25) is 0 Å². The van der Waals surface area contributed by atoms with E-state index in [1.54, 1.807) is 0 Å². The van der Waals surface area contributed by atoms with Crippen LogP contribution in [0.3, 0.4) is 0 Å². The van der Waals surface area contributed by atoms with Gasteiger partial charge in [0.1, 0.15) is 4.99 Å². The van der Waals surface area contributed by atoms with Crippen LogP contribution in [-0.2, 0) is 6.54 Å². The highest BCUT2D eigenvalue weighted by molar-refractivity contribution is 7.80. The lowest BCUT2D eigenvalue weighted by Crippen LogP contribution is -2.08. The Morgan fingerprint density at radius 2 is 2.36 bits per heavy atom. The highest BCUT2D eigenvalue weighted by atomic mass is 32.1. The molecule has 0 aliphatic rings. The van der Waals surface area contributed by atoms with Crippen molar-refractivity contribution in [3.05, 3.63) is 30.1 Å². The molecule has 0 spiro atoms. The molecule has 1 aromatic carbocycles. The fourth-order valence-corrected chi connectivity index (χ4v) is 1.60. The van der Waals surface area contributed by atoms with E-state index in [0.717, 1.165) is 23.1 Å². The van der Waals surface area contributed by atoms with Crippen LogP contribution in [0, 0.1) is 0 Å². The third-order valence-electron chi connectivity index (χ3n) is 2.25. The van der Waals surface area contributed by atoms with E-state index in [2.05, 4.69) is 16.5 Å². The van der Waals surface area contributed by atoms with Gasteiger partial charge in [-0.05, 0) is 25.1 Å². The number of hydrogen-bond acceptors (Lipinski definition) is 2. The van der Waals surface area contributed by atoms with Crippen molar-refractivity contribution in [2.45, 2.75) is 13.5 Å². The fraction of sp³-hybridized carbons (Fsp3) is 0.200. The lowest BCUT2D eigenvalue weighted by atomic mass is 10.2. The molecule has 0 amide bonds. The molecule has 0 unspecified atom stereocenters. The van der Waals surface area contributed by atoms with E-state index in [1.165, 1.54) is 0 Å². The second kappa shape index (κ2) is 3.38. The van der Waals surface area contributed by atoms with Crippen molar-refractivity contribution in [2.24, 2.45) is 5.73 Å². The average molecular weight is 205 g/mol. The van der Waals surface area contributed by atoms with Crippen molar-refractivity contribution in [1.29, 1.82) is 0 Å². The maximum Gasteiger partial charge on any atom is 0.104 e. The van der Waals surface area contributed by atoms with Gasteiger partial charge < -0.3 is 10.3 Å². The Hall–Kier alpha value is -1.42. The SMILES string of the molecule is CCn1cnc2cc(C(N)=S)ccc21.